The summed E-state index contributed by atoms with van der Waals surface area (Å²) >= 11 is 4.14. The van der Waals surface area contributed by atoms with E-state index in [0.29, 0.717) is 15.8 Å². The van der Waals surface area contributed by atoms with E-state index in [-0.39, 0.29) is 16.7 Å². The molecule has 0 saturated carbocycles. The molecule has 0 unspecified atom stereocenters. The maximum Gasteiger partial charge on any atom is 0.352 e. The van der Waals surface area contributed by atoms with Crippen LogP contribution in [0.2, 0.25) is 0 Å². The molecule has 1 saturated heterocycles. The number of amides is 2. The number of fused-ring (bicyclic) bond motifs is 1. The lowest BCUT2D eigenvalue weighted by atomic mass is 10.0. The minimum atomic E-state index is -1.76. The van der Waals surface area contributed by atoms with Crippen molar-refractivity contribution in [2.24, 2.45) is 5.16 Å². The molecule has 3 rings (SSSR count). The lowest BCUT2D eigenvalue weighted by Crippen LogP contribution is -2.71. The van der Waals surface area contributed by atoms with E-state index in [1.807, 2.05) is 22.6 Å². The van der Waals surface area contributed by atoms with Gasteiger partial charge in [-0.3, -0.25) is 14.5 Å². The van der Waals surface area contributed by atoms with Gasteiger partial charge in [0.15, 0.2) is 5.13 Å². The number of alkyl halides is 1. The molecule has 13 nitrogen and oxygen atoms in total. The van der Waals surface area contributed by atoms with Crippen LogP contribution in [0, 0.1) is 0 Å². The molecule has 0 aliphatic carbocycles. The third-order valence-corrected chi connectivity index (χ3v) is 7.25. The van der Waals surface area contributed by atoms with Crippen molar-refractivity contribution in [3.8, 4) is 0 Å². The highest BCUT2D eigenvalue weighted by atomic mass is 127. The Kier molecular flexibility index (Phi) is 6.94. The maximum absolute atomic E-state index is 12.9. The molecule has 0 aromatic carbocycles. The highest BCUT2D eigenvalue weighted by Gasteiger charge is 2.54. The van der Waals surface area contributed by atoms with Crippen LogP contribution in [-0.4, -0.2) is 81.1 Å². The predicted molar refractivity (Wildman–Crippen MR) is 122 cm³/mol. The van der Waals surface area contributed by atoms with Crippen molar-refractivity contribution >= 4 is 80.5 Å². The molecule has 5 N–H and O–H groups in total. The lowest BCUT2D eigenvalue weighted by Gasteiger charge is -2.49. The lowest BCUT2D eigenvalue weighted by molar-refractivity contribution is -0.161. The molecule has 16 heteroatoms. The van der Waals surface area contributed by atoms with Crippen molar-refractivity contribution in [1.82, 2.24) is 19.6 Å². The number of carbonyl (C=O) groups is 4. The maximum atomic E-state index is 12.9. The summed E-state index contributed by atoms with van der Waals surface area (Å²) < 4.78 is 4.34. The zero-order valence-electron chi connectivity index (χ0n) is 16.6. The third kappa shape index (κ3) is 4.51. The number of thioether (sulfide) groups is 1. The van der Waals surface area contributed by atoms with Gasteiger partial charge in [0.2, 0.25) is 17.1 Å². The Balaban J connectivity index is 1.83. The number of oxime groups is 1. The number of halogens is 1. The van der Waals surface area contributed by atoms with E-state index in [4.69, 9.17) is 10.6 Å². The number of nitrogen functional groups attached to an aromatic ring is 1. The Morgan fingerprint density at radius 1 is 1.41 bits per heavy atom. The SMILES string of the molecule is CC(C)(ON=C(C(=O)N[C@@H]1C(=O)N2C(C(=O)O)=C(CI)CS[C@@H]12)c1nsc(N)n1)C(=O)O. The highest BCUT2D eigenvalue weighted by molar-refractivity contribution is 14.1. The van der Waals surface area contributed by atoms with Crippen molar-refractivity contribution in [3.63, 3.8) is 0 Å². The summed E-state index contributed by atoms with van der Waals surface area (Å²) in [5.74, 6) is -3.84. The van der Waals surface area contributed by atoms with Gasteiger partial charge in [-0.2, -0.15) is 9.36 Å². The molecule has 0 bridgehead atoms. The van der Waals surface area contributed by atoms with Crippen LogP contribution >= 0.6 is 45.9 Å². The Morgan fingerprint density at radius 2 is 2.09 bits per heavy atom. The van der Waals surface area contributed by atoms with Crippen molar-refractivity contribution in [3.05, 3.63) is 17.1 Å². The Labute approximate surface area is 202 Å². The van der Waals surface area contributed by atoms with Gasteiger partial charge in [0, 0.05) is 21.7 Å². The number of nitrogens with one attached hydrogen (secondary N) is 1. The van der Waals surface area contributed by atoms with Crippen molar-refractivity contribution in [1.29, 1.82) is 0 Å². The van der Waals surface area contributed by atoms with Gasteiger partial charge in [0.25, 0.3) is 11.8 Å². The fourth-order valence-corrected chi connectivity index (χ4v) is 5.49. The topological polar surface area (TPSA) is 197 Å². The number of hydrogen-bond donors (Lipinski definition) is 4. The number of carboxylic acids is 2. The molecule has 1 aromatic rings. The van der Waals surface area contributed by atoms with Crippen LogP contribution in [0.25, 0.3) is 0 Å². The molecule has 1 aromatic heterocycles. The first-order valence-corrected chi connectivity index (χ1v) is 12.2. The summed E-state index contributed by atoms with van der Waals surface area (Å²) in [4.78, 5) is 58.5. The predicted octanol–water partition coefficient (Wildman–Crippen LogP) is -0.122. The van der Waals surface area contributed by atoms with Crippen molar-refractivity contribution in [2.45, 2.75) is 30.9 Å². The van der Waals surface area contributed by atoms with Crippen LogP contribution in [0.3, 0.4) is 0 Å². The molecule has 2 aliphatic heterocycles. The van der Waals surface area contributed by atoms with Crippen LogP contribution in [-0.2, 0) is 24.0 Å². The average molecular weight is 596 g/mol. The normalized spacial score (nSPS) is 21.0. The second-order valence-electron chi connectivity index (χ2n) is 7.05. The van der Waals surface area contributed by atoms with E-state index in [1.54, 1.807) is 0 Å². The van der Waals surface area contributed by atoms with Gasteiger partial charge >= 0.3 is 11.9 Å². The van der Waals surface area contributed by atoms with Crippen LogP contribution in [0.5, 0.6) is 0 Å². The first-order chi connectivity index (χ1) is 15.0. The molecular formula is C16H17IN6O7S2. The van der Waals surface area contributed by atoms with E-state index in [0.717, 1.165) is 16.4 Å². The summed E-state index contributed by atoms with van der Waals surface area (Å²) in [6.07, 6.45) is 0. The summed E-state index contributed by atoms with van der Waals surface area (Å²) in [5.41, 5.74) is 3.87. The van der Waals surface area contributed by atoms with E-state index >= 15 is 0 Å². The number of carbonyl (C=O) groups excluding carboxylic acids is 2. The Bertz CT molecular complexity index is 1060. The monoisotopic (exact) mass is 596 g/mol. The second kappa shape index (κ2) is 9.18. The molecule has 1 fully saturated rings. The number of β-lactam (4-membered cyclic amide) rings is 1. The van der Waals surface area contributed by atoms with E-state index in [2.05, 4.69) is 19.8 Å². The molecule has 172 valence electrons. The fourth-order valence-electron chi connectivity index (χ4n) is 2.71. The zero-order valence-corrected chi connectivity index (χ0v) is 20.4. The zero-order chi connectivity index (χ0) is 23.8. The first kappa shape index (κ1) is 24.2. The number of nitrogens with two attached hydrogens (primary N) is 1. The molecule has 2 atom stereocenters. The van der Waals surface area contributed by atoms with E-state index in [9.17, 15) is 29.4 Å². The number of rotatable bonds is 8. The summed E-state index contributed by atoms with van der Waals surface area (Å²) in [6.45, 7) is 2.46. The minimum absolute atomic E-state index is 0.0364. The number of hydrogen-bond acceptors (Lipinski definition) is 11. The third-order valence-electron chi connectivity index (χ3n) is 4.45. The van der Waals surface area contributed by atoms with Crippen LogP contribution < -0.4 is 11.1 Å². The van der Waals surface area contributed by atoms with Crippen LogP contribution in [0.4, 0.5) is 5.13 Å². The van der Waals surface area contributed by atoms with Gasteiger partial charge in [0.1, 0.15) is 17.1 Å². The van der Waals surface area contributed by atoms with Gasteiger partial charge in [0.05, 0.1) is 0 Å². The van der Waals surface area contributed by atoms with Gasteiger partial charge in [-0.1, -0.05) is 27.7 Å². The van der Waals surface area contributed by atoms with Crippen LogP contribution in [0.1, 0.15) is 19.7 Å². The number of aliphatic carboxylic acids is 2. The van der Waals surface area contributed by atoms with Gasteiger partial charge in [-0.25, -0.2) is 9.59 Å². The highest BCUT2D eigenvalue weighted by Crippen LogP contribution is 2.40. The molecule has 3 heterocycles. The van der Waals surface area contributed by atoms with Crippen molar-refractivity contribution in [2.75, 3.05) is 15.9 Å². The molecular weight excluding hydrogens is 579 g/mol. The molecule has 2 aliphatic rings. The number of anilines is 1. The quantitative estimate of drug-likeness (QED) is 0.103. The van der Waals surface area contributed by atoms with Gasteiger partial charge < -0.3 is 26.1 Å². The van der Waals surface area contributed by atoms with Gasteiger partial charge in [-0.15, -0.1) is 11.8 Å². The Hall–Kier alpha value is -2.47. The second-order valence-corrected chi connectivity index (χ2v) is 9.71. The number of aromatic nitrogens is 2. The van der Waals surface area contributed by atoms with E-state index < -0.39 is 46.5 Å². The smallest absolute Gasteiger partial charge is 0.352 e. The summed E-state index contributed by atoms with van der Waals surface area (Å²) in [5, 5.41) is 24.2. The van der Waals surface area contributed by atoms with Gasteiger partial charge in [-0.05, 0) is 19.4 Å². The van der Waals surface area contributed by atoms with E-state index in [1.165, 1.54) is 25.6 Å². The number of carboxylic acid groups (broad SMARTS) is 2. The average Bonchev–Trinajstić information content (AvgIpc) is 3.16. The first-order valence-electron chi connectivity index (χ1n) is 8.84. The summed E-state index contributed by atoms with van der Waals surface area (Å²) in [7, 11) is 0. The van der Waals surface area contributed by atoms with Crippen LogP contribution in [0.15, 0.2) is 16.4 Å². The molecule has 32 heavy (non-hydrogen) atoms. The summed E-state index contributed by atoms with van der Waals surface area (Å²) in [6, 6.07) is -1.02. The minimum Gasteiger partial charge on any atom is -0.478 e. The molecule has 0 radical (unpaired) electrons. The Morgan fingerprint density at radius 3 is 2.62 bits per heavy atom. The molecule has 2 amide bonds. The van der Waals surface area contributed by atoms with Crippen molar-refractivity contribution < 1.29 is 34.2 Å². The largest absolute Gasteiger partial charge is 0.478 e. The molecule has 0 spiro atoms. The fraction of sp³-hybridized carbons (Fsp3) is 0.438. The number of nitrogens with zero attached hydrogens (tertiary/aromatic N) is 4. The standard InChI is InChI=1S/C16H17IN6O7S2/c1-16(2,14(28)29)30-21-6(9-20-15(18)32-22-9)10(24)19-7-11(25)23-8(13(26)27)5(3-17)4-31-12(7)23/h7,12H,3-4H2,1-2H3,(H,19,24)(H,26,27)(H,28,29)(H2,18,20,22)/t7-,12+/m1/s1.